The fourth-order valence-corrected chi connectivity index (χ4v) is 3.30. The van der Waals surface area contributed by atoms with E-state index in [1.165, 1.54) is 0 Å². The monoisotopic (exact) mass is 417 g/mol. The summed E-state index contributed by atoms with van der Waals surface area (Å²) < 4.78 is 12.3. The van der Waals surface area contributed by atoms with Gasteiger partial charge in [-0.1, -0.05) is 5.21 Å². The van der Waals surface area contributed by atoms with Crippen LogP contribution in [0.25, 0.3) is 0 Å². The molecule has 1 fully saturated rings. The van der Waals surface area contributed by atoms with Crippen molar-refractivity contribution in [3.63, 3.8) is 0 Å². The molecule has 0 radical (unpaired) electrons. The maximum Gasteiger partial charge on any atom is 0.409 e. The minimum absolute atomic E-state index is 0.227. The van der Waals surface area contributed by atoms with Gasteiger partial charge in [-0.25, -0.2) is 4.79 Å². The Balaban J connectivity index is 1.46. The third kappa shape index (κ3) is 7.09. The first-order chi connectivity index (χ1) is 14.7. The van der Waals surface area contributed by atoms with Crippen molar-refractivity contribution in [2.24, 2.45) is 4.99 Å². The van der Waals surface area contributed by atoms with Gasteiger partial charge in [0, 0.05) is 51.4 Å². The Kier molecular flexibility index (Phi) is 8.55. The van der Waals surface area contributed by atoms with E-state index in [0.29, 0.717) is 26.2 Å². The van der Waals surface area contributed by atoms with Crippen molar-refractivity contribution in [1.82, 2.24) is 30.5 Å². The highest BCUT2D eigenvalue weighted by atomic mass is 16.6. The molecule has 2 N–H and O–H groups in total. The van der Waals surface area contributed by atoms with Crippen molar-refractivity contribution in [3.05, 3.63) is 36.5 Å². The molecule has 0 aromatic carbocycles. The molecular formula is C20H31N7O3. The smallest absolute Gasteiger partial charge is 0.409 e. The Morgan fingerprint density at radius 3 is 2.97 bits per heavy atom. The van der Waals surface area contributed by atoms with Gasteiger partial charge in [-0.2, -0.15) is 0 Å². The number of carbonyl (C=O) groups is 1. The van der Waals surface area contributed by atoms with Crippen LogP contribution in [-0.4, -0.2) is 70.8 Å². The number of amides is 1. The second kappa shape index (κ2) is 11.8. The number of likely N-dealkylation sites (tertiary alicyclic amines) is 1. The molecule has 1 aliphatic rings. The van der Waals surface area contributed by atoms with Crippen LogP contribution in [-0.2, 0) is 17.7 Å². The number of rotatable bonds is 9. The molecular weight excluding hydrogens is 386 g/mol. The first kappa shape index (κ1) is 21.7. The van der Waals surface area contributed by atoms with Gasteiger partial charge in [-0.05, 0) is 38.3 Å². The van der Waals surface area contributed by atoms with Crippen LogP contribution in [0.5, 0.6) is 0 Å². The van der Waals surface area contributed by atoms with Gasteiger partial charge in [0.1, 0.15) is 5.76 Å². The number of hydrogen-bond acceptors (Lipinski definition) is 6. The molecule has 3 rings (SSSR count). The van der Waals surface area contributed by atoms with Gasteiger partial charge < -0.3 is 24.7 Å². The molecule has 1 saturated heterocycles. The number of piperidine rings is 1. The molecule has 2 aromatic rings. The summed E-state index contributed by atoms with van der Waals surface area (Å²) in [5, 5.41) is 14.7. The lowest BCUT2D eigenvalue weighted by Gasteiger charge is -2.32. The minimum Gasteiger partial charge on any atom is -0.469 e. The molecule has 30 heavy (non-hydrogen) atoms. The number of aliphatic imine (C=N–C) groups is 1. The highest BCUT2D eigenvalue weighted by Crippen LogP contribution is 2.11. The summed E-state index contributed by atoms with van der Waals surface area (Å²) in [6, 6.07) is 4.12. The largest absolute Gasteiger partial charge is 0.469 e. The third-order valence-electron chi connectivity index (χ3n) is 4.89. The van der Waals surface area contributed by atoms with Crippen LogP contribution in [0, 0.1) is 0 Å². The number of aryl methyl sites for hydroxylation is 1. The van der Waals surface area contributed by atoms with Gasteiger partial charge in [-0.15, -0.1) is 5.10 Å². The van der Waals surface area contributed by atoms with Crippen molar-refractivity contribution >= 4 is 12.1 Å². The van der Waals surface area contributed by atoms with Gasteiger partial charge in [0.15, 0.2) is 5.96 Å². The molecule has 0 atom stereocenters. The number of ether oxygens (including phenoxy) is 1. The molecule has 10 nitrogen and oxygen atoms in total. The second-order valence-electron chi connectivity index (χ2n) is 7.11. The normalized spacial score (nSPS) is 15.2. The average Bonchev–Trinajstić information content (AvgIpc) is 3.46. The molecule has 1 amide bonds. The van der Waals surface area contributed by atoms with Gasteiger partial charge in [-0.3, -0.25) is 9.67 Å². The van der Waals surface area contributed by atoms with Crippen LogP contribution in [0.1, 0.15) is 31.9 Å². The summed E-state index contributed by atoms with van der Waals surface area (Å²) in [7, 11) is 0. The molecule has 0 saturated carbocycles. The standard InChI is InChI=1S/C20H31N7O3/c1-2-29-20(28)26-13-7-17(8-14-26)24-19(22-10-6-18-5-3-16-30-18)21-9-4-12-27-15-11-23-25-27/h3,5,11,15-17H,2,4,6-10,12-14H2,1H3,(H2,21,22,24). The Morgan fingerprint density at radius 1 is 1.40 bits per heavy atom. The molecule has 1 aliphatic heterocycles. The molecule has 164 valence electrons. The van der Waals surface area contributed by atoms with Gasteiger partial charge >= 0.3 is 6.09 Å². The van der Waals surface area contributed by atoms with E-state index in [1.54, 1.807) is 22.0 Å². The zero-order valence-electron chi connectivity index (χ0n) is 17.5. The molecule has 3 heterocycles. The van der Waals surface area contributed by atoms with E-state index in [-0.39, 0.29) is 12.1 Å². The Hall–Kier alpha value is -3.04. The lowest BCUT2D eigenvalue weighted by atomic mass is 10.1. The van der Waals surface area contributed by atoms with Gasteiger partial charge in [0.25, 0.3) is 0 Å². The molecule has 10 heteroatoms. The van der Waals surface area contributed by atoms with Gasteiger partial charge in [0.05, 0.1) is 19.1 Å². The van der Waals surface area contributed by atoms with E-state index in [4.69, 9.17) is 14.1 Å². The highest BCUT2D eigenvalue weighted by Gasteiger charge is 2.24. The number of aromatic nitrogens is 3. The van der Waals surface area contributed by atoms with E-state index >= 15 is 0 Å². The Labute approximate surface area is 176 Å². The van der Waals surface area contributed by atoms with Crippen LogP contribution < -0.4 is 10.6 Å². The van der Waals surface area contributed by atoms with E-state index in [1.807, 2.05) is 25.3 Å². The summed E-state index contributed by atoms with van der Waals surface area (Å²) in [6.45, 7) is 5.78. The SMILES string of the molecule is CCOC(=O)N1CCC(NC(=NCCCn2ccnn2)NCCc2ccco2)CC1. The second-order valence-corrected chi connectivity index (χ2v) is 7.11. The number of guanidine groups is 1. The Bertz CT molecular complexity index is 753. The zero-order chi connectivity index (χ0) is 21.0. The summed E-state index contributed by atoms with van der Waals surface area (Å²) in [4.78, 5) is 18.4. The van der Waals surface area contributed by atoms with Crippen molar-refractivity contribution in [2.75, 3.05) is 32.8 Å². The summed E-state index contributed by atoms with van der Waals surface area (Å²) in [5.41, 5.74) is 0. The third-order valence-corrected chi connectivity index (χ3v) is 4.89. The lowest BCUT2D eigenvalue weighted by Crippen LogP contribution is -2.50. The maximum atomic E-state index is 11.9. The zero-order valence-corrected chi connectivity index (χ0v) is 17.5. The number of hydrogen-bond donors (Lipinski definition) is 2. The highest BCUT2D eigenvalue weighted by molar-refractivity contribution is 5.80. The van der Waals surface area contributed by atoms with Crippen molar-refractivity contribution in [2.45, 2.75) is 45.2 Å². The van der Waals surface area contributed by atoms with Crippen LogP contribution >= 0.6 is 0 Å². The lowest BCUT2D eigenvalue weighted by molar-refractivity contribution is 0.0963. The number of furan rings is 1. The van der Waals surface area contributed by atoms with Crippen LogP contribution in [0.15, 0.2) is 40.2 Å². The number of carbonyl (C=O) groups excluding carboxylic acids is 1. The molecule has 0 aliphatic carbocycles. The van der Waals surface area contributed by atoms with E-state index < -0.39 is 0 Å². The van der Waals surface area contributed by atoms with Gasteiger partial charge in [0.2, 0.25) is 0 Å². The maximum absolute atomic E-state index is 11.9. The fraction of sp³-hybridized carbons (Fsp3) is 0.600. The molecule has 0 bridgehead atoms. The molecule has 0 spiro atoms. The van der Waals surface area contributed by atoms with E-state index in [2.05, 4.69) is 20.9 Å². The topological polar surface area (TPSA) is 110 Å². The van der Waals surface area contributed by atoms with Crippen LogP contribution in [0.2, 0.25) is 0 Å². The first-order valence-electron chi connectivity index (χ1n) is 10.6. The molecule has 2 aromatic heterocycles. The van der Waals surface area contributed by atoms with E-state index in [0.717, 1.165) is 50.5 Å². The van der Waals surface area contributed by atoms with Crippen molar-refractivity contribution in [1.29, 1.82) is 0 Å². The quantitative estimate of drug-likeness (QED) is 0.363. The number of nitrogens with one attached hydrogen (secondary N) is 2. The summed E-state index contributed by atoms with van der Waals surface area (Å²) >= 11 is 0. The van der Waals surface area contributed by atoms with Crippen molar-refractivity contribution < 1.29 is 13.9 Å². The number of nitrogens with zero attached hydrogens (tertiary/aromatic N) is 5. The predicted octanol–water partition coefficient (Wildman–Crippen LogP) is 1.66. The first-order valence-corrected chi connectivity index (χ1v) is 10.6. The minimum atomic E-state index is -0.227. The van der Waals surface area contributed by atoms with Crippen LogP contribution in [0.3, 0.4) is 0 Å². The summed E-state index contributed by atoms with van der Waals surface area (Å²) in [5.74, 6) is 1.73. The summed E-state index contributed by atoms with van der Waals surface area (Å²) in [6.07, 6.45) is 8.35. The van der Waals surface area contributed by atoms with Crippen molar-refractivity contribution in [3.8, 4) is 0 Å². The average molecular weight is 418 g/mol. The predicted molar refractivity (Wildman–Crippen MR) is 112 cm³/mol. The molecule has 0 unspecified atom stereocenters. The Morgan fingerprint density at radius 2 is 2.27 bits per heavy atom. The van der Waals surface area contributed by atoms with Crippen LogP contribution in [0.4, 0.5) is 4.79 Å². The fourth-order valence-electron chi connectivity index (χ4n) is 3.30. The van der Waals surface area contributed by atoms with E-state index in [9.17, 15) is 4.79 Å².